The second-order valence-electron chi connectivity index (χ2n) is 4.95. The predicted octanol–water partition coefficient (Wildman–Crippen LogP) is 2.51. The molecule has 6 heteroatoms. The predicted molar refractivity (Wildman–Crippen MR) is 79.4 cm³/mol. The van der Waals surface area contributed by atoms with E-state index in [1.165, 1.54) is 0 Å². The Morgan fingerprint density at radius 3 is 3.10 bits per heavy atom. The van der Waals surface area contributed by atoms with Gasteiger partial charge in [0, 0.05) is 17.1 Å². The molecule has 1 unspecified atom stereocenters. The lowest BCUT2D eigenvalue weighted by molar-refractivity contribution is -0.138. The van der Waals surface area contributed by atoms with E-state index in [2.05, 4.69) is 11.1 Å². The Hall–Kier alpha value is -2.39. The monoisotopic (exact) mass is 299 g/mol. The molecule has 0 spiro atoms. The number of anilines is 1. The maximum Gasteiger partial charge on any atom is 0.331 e. The average molecular weight is 299 g/mol. The topological polar surface area (TPSA) is 77.2 Å². The highest BCUT2D eigenvalue weighted by Gasteiger charge is 2.34. The normalized spacial score (nSPS) is 17.1. The zero-order chi connectivity index (χ0) is 15.0. The highest BCUT2D eigenvalue weighted by atomic mass is 32.1. The molecule has 2 aromatic heterocycles. The number of nitrogens with zero attached hydrogens (tertiary/aromatic N) is 3. The Morgan fingerprint density at radius 2 is 2.38 bits per heavy atom. The van der Waals surface area contributed by atoms with Crippen LogP contribution in [0.1, 0.15) is 27.7 Å². The van der Waals surface area contributed by atoms with Gasteiger partial charge in [0.1, 0.15) is 5.82 Å². The number of aliphatic carboxylic acids is 1. The number of carbonyl (C=O) groups is 1. The van der Waals surface area contributed by atoms with Crippen LogP contribution in [0.4, 0.5) is 5.82 Å². The van der Waals surface area contributed by atoms with Gasteiger partial charge in [0.15, 0.2) is 6.04 Å². The zero-order valence-electron chi connectivity index (χ0n) is 11.4. The molecule has 0 amide bonds. The molecular formula is C15H13N3O2S. The summed E-state index contributed by atoms with van der Waals surface area (Å²) in [5, 5.41) is 20.6. The van der Waals surface area contributed by atoms with Gasteiger partial charge in [-0.05, 0) is 42.5 Å². The molecule has 0 bridgehead atoms. The zero-order valence-corrected chi connectivity index (χ0v) is 12.2. The second kappa shape index (κ2) is 5.19. The molecule has 0 aliphatic carbocycles. The lowest BCUT2D eigenvalue weighted by Gasteiger charge is -2.34. The van der Waals surface area contributed by atoms with E-state index in [0.29, 0.717) is 23.6 Å². The van der Waals surface area contributed by atoms with Crippen LogP contribution in [0, 0.1) is 18.3 Å². The molecule has 1 aliphatic rings. The van der Waals surface area contributed by atoms with Crippen molar-refractivity contribution in [3.63, 3.8) is 0 Å². The van der Waals surface area contributed by atoms with Crippen molar-refractivity contribution in [2.45, 2.75) is 19.4 Å². The maximum atomic E-state index is 11.7. The van der Waals surface area contributed by atoms with Gasteiger partial charge in [0.2, 0.25) is 0 Å². The summed E-state index contributed by atoms with van der Waals surface area (Å²) in [5.74, 6) is -0.341. The molecule has 0 saturated carbocycles. The minimum Gasteiger partial charge on any atom is -0.479 e. The molecule has 1 atom stereocenters. The van der Waals surface area contributed by atoms with Crippen molar-refractivity contribution in [1.29, 1.82) is 5.26 Å². The number of hydrogen-bond donors (Lipinski definition) is 1. The van der Waals surface area contributed by atoms with Crippen LogP contribution < -0.4 is 4.90 Å². The van der Waals surface area contributed by atoms with Gasteiger partial charge in [-0.1, -0.05) is 0 Å². The highest BCUT2D eigenvalue weighted by molar-refractivity contribution is 7.10. The molecule has 21 heavy (non-hydrogen) atoms. The first-order valence-corrected chi connectivity index (χ1v) is 7.42. The van der Waals surface area contributed by atoms with Crippen LogP contribution in [0.5, 0.6) is 0 Å². The number of rotatable bonds is 2. The van der Waals surface area contributed by atoms with Gasteiger partial charge < -0.3 is 10.0 Å². The molecule has 0 aromatic carbocycles. The van der Waals surface area contributed by atoms with E-state index in [-0.39, 0.29) is 0 Å². The Kier molecular flexibility index (Phi) is 3.35. The molecule has 0 fully saturated rings. The number of aryl methyl sites for hydroxylation is 1. The SMILES string of the molecule is Cc1cc(C#N)cc(N2CCc3sccc3C2C(=O)O)n1. The van der Waals surface area contributed by atoms with Gasteiger partial charge in [0.25, 0.3) is 0 Å². The largest absolute Gasteiger partial charge is 0.479 e. The van der Waals surface area contributed by atoms with E-state index in [1.807, 2.05) is 11.4 Å². The molecular weight excluding hydrogens is 286 g/mol. The second-order valence-corrected chi connectivity index (χ2v) is 5.95. The van der Waals surface area contributed by atoms with Crippen LogP contribution >= 0.6 is 11.3 Å². The van der Waals surface area contributed by atoms with Crippen LogP contribution in [0.2, 0.25) is 0 Å². The summed E-state index contributed by atoms with van der Waals surface area (Å²) in [5.41, 5.74) is 2.04. The molecule has 3 rings (SSSR count). The third-order valence-electron chi connectivity index (χ3n) is 3.56. The first kappa shape index (κ1) is 13.6. The molecule has 1 N–H and O–H groups in total. The van der Waals surface area contributed by atoms with Crippen molar-refractivity contribution in [2.75, 3.05) is 11.4 Å². The van der Waals surface area contributed by atoms with Crippen LogP contribution in [-0.4, -0.2) is 22.6 Å². The lowest BCUT2D eigenvalue weighted by atomic mass is 10.00. The Bertz CT molecular complexity index is 748. The van der Waals surface area contributed by atoms with Crippen molar-refractivity contribution in [3.05, 3.63) is 45.3 Å². The van der Waals surface area contributed by atoms with E-state index in [1.54, 1.807) is 35.3 Å². The fourth-order valence-electron chi connectivity index (χ4n) is 2.69. The molecule has 0 radical (unpaired) electrons. The van der Waals surface area contributed by atoms with Gasteiger partial charge in [0.05, 0.1) is 11.6 Å². The summed E-state index contributed by atoms with van der Waals surface area (Å²) in [6, 6.07) is 6.57. The molecule has 3 heterocycles. The minimum absolute atomic E-state index is 0.498. The quantitative estimate of drug-likeness (QED) is 0.922. The standard InChI is InChI=1S/C15H13N3O2S/c1-9-6-10(8-16)7-13(17-9)18-4-2-12-11(3-5-21-12)14(18)15(19)20/h3,5-7,14H,2,4H2,1H3,(H,19,20). The third kappa shape index (κ3) is 2.36. The number of hydrogen-bond acceptors (Lipinski definition) is 5. The Morgan fingerprint density at radius 1 is 1.57 bits per heavy atom. The summed E-state index contributed by atoms with van der Waals surface area (Å²) in [4.78, 5) is 19.0. The van der Waals surface area contributed by atoms with Crippen molar-refractivity contribution in [1.82, 2.24) is 4.98 Å². The first-order chi connectivity index (χ1) is 10.1. The van der Waals surface area contributed by atoms with E-state index >= 15 is 0 Å². The van der Waals surface area contributed by atoms with E-state index < -0.39 is 12.0 Å². The number of fused-ring (bicyclic) bond motifs is 1. The number of carboxylic acid groups (broad SMARTS) is 1. The average Bonchev–Trinajstić information content (AvgIpc) is 2.93. The fraction of sp³-hybridized carbons (Fsp3) is 0.267. The van der Waals surface area contributed by atoms with Crippen LogP contribution in [0.15, 0.2) is 23.6 Å². The van der Waals surface area contributed by atoms with Gasteiger partial charge in [-0.3, -0.25) is 0 Å². The molecule has 106 valence electrons. The van der Waals surface area contributed by atoms with Gasteiger partial charge in [-0.15, -0.1) is 11.3 Å². The summed E-state index contributed by atoms with van der Waals surface area (Å²) in [6.07, 6.45) is 0.800. The van der Waals surface area contributed by atoms with Crippen molar-refractivity contribution in [3.8, 4) is 6.07 Å². The number of carboxylic acids is 1. The van der Waals surface area contributed by atoms with E-state index in [0.717, 1.165) is 16.9 Å². The third-order valence-corrected chi connectivity index (χ3v) is 4.56. The van der Waals surface area contributed by atoms with Crippen molar-refractivity contribution in [2.24, 2.45) is 0 Å². The summed E-state index contributed by atoms with van der Waals surface area (Å²) >= 11 is 1.59. The van der Waals surface area contributed by atoms with Gasteiger partial charge in [-0.2, -0.15) is 5.26 Å². The van der Waals surface area contributed by atoms with E-state index in [4.69, 9.17) is 5.26 Å². The minimum atomic E-state index is -0.892. The number of nitriles is 1. The molecule has 5 nitrogen and oxygen atoms in total. The maximum absolute atomic E-state index is 11.7. The van der Waals surface area contributed by atoms with Crippen LogP contribution in [0.25, 0.3) is 0 Å². The van der Waals surface area contributed by atoms with Crippen molar-refractivity contribution < 1.29 is 9.90 Å². The smallest absolute Gasteiger partial charge is 0.331 e. The number of thiophene rings is 1. The lowest BCUT2D eigenvalue weighted by Crippen LogP contribution is -2.39. The van der Waals surface area contributed by atoms with Crippen LogP contribution in [-0.2, 0) is 11.2 Å². The van der Waals surface area contributed by atoms with Gasteiger partial charge in [-0.25, -0.2) is 9.78 Å². The fourth-order valence-corrected chi connectivity index (χ4v) is 3.60. The first-order valence-electron chi connectivity index (χ1n) is 6.54. The summed E-state index contributed by atoms with van der Waals surface area (Å²) < 4.78 is 0. The molecule has 1 aliphatic heterocycles. The number of pyridine rings is 1. The molecule has 0 saturated heterocycles. The molecule has 2 aromatic rings. The highest BCUT2D eigenvalue weighted by Crippen LogP contribution is 2.36. The van der Waals surface area contributed by atoms with Crippen molar-refractivity contribution >= 4 is 23.1 Å². The van der Waals surface area contributed by atoms with E-state index in [9.17, 15) is 9.90 Å². The Labute approximate surface area is 126 Å². The van der Waals surface area contributed by atoms with Crippen LogP contribution in [0.3, 0.4) is 0 Å². The summed E-state index contributed by atoms with van der Waals surface area (Å²) in [7, 11) is 0. The summed E-state index contributed by atoms with van der Waals surface area (Å²) in [6.45, 7) is 2.39. The Balaban J connectivity index is 2.08. The number of aromatic nitrogens is 1. The van der Waals surface area contributed by atoms with Gasteiger partial charge >= 0.3 is 5.97 Å².